The van der Waals surface area contributed by atoms with Crippen molar-refractivity contribution in [2.45, 2.75) is 13.1 Å². The summed E-state index contributed by atoms with van der Waals surface area (Å²) >= 11 is 0. The largest absolute Gasteiger partial charge is 0.416 e. The Morgan fingerprint density at radius 1 is 1.21 bits per heavy atom. The molecule has 0 saturated carbocycles. The smallest absolute Gasteiger partial charge is 0.289 e. The summed E-state index contributed by atoms with van der Waals surface area (Å²) in [5, 5.41) is 0. The molecule has 0 radical (unpaired) electrons. The van der Waals surface area contributed by atoms with Crippen LogP contribution in [-0.4, -0.2) is 10.8 Å². The van der Waals surface area contributed by atoms with E-state index >= 15 is 0 Å². The first-order valence-electron chi connectivity index (χ1n) is 5.52. The fourth-order valence-electron chi connectivity index (χ4n) is 1.72. The first-order chi connectivity index (χ1) is 8.89. The highest BCUT2D eigenvalue weighted by atomic mass is 19.4. The van der Waals surface area contributed by atoms with Gasteiger partial charge >= 0.3 is 6.18 Å². The van der Waals surface area contributed by atoms with Crippen molar-refractivity contribution in [3.63, 3.8) is 0 Å². The number of rotatable bonds is 2. The maximum atomic E-state index is 12.6. The van der Waals surface area contributed by atoms with Gasteiger partial charge in [0.1, 0.15) is 0 Å². The number of carbonyl (C=O) groups is 1. The van der Waals surface area contributed by atoms with Gasteiger partial charge in [-0.25, -0.2) is 0 Å². The average molecular weight is 265 g/mol. The molecule has 2 rings (SSSR count). The van der Waals surface area contributed by atoms with E-state index in [-0.39, 0.29) is 5.56 Å². The summed E-state index contributed by atoms with van der Waals surface area (Å²) in [6.07, 6.45) is -1.52. The summed E-state index contributed by atoms with van der Waals surface area (Å²) in [5.41, 5.74) is 0.174. The van der Waals surface area contributed by atoms with Crippen molar-refractivity contribution in [2.75, 3.05) is 0 Å². The normalized spacial score (nSPS) is 11.4. The van der Waals surface area contributed by atoms with Gasteiger partial charge < -0.3 is 0 Å². The number of benzene rings is 1. The zero-order chi connectivity index (χ0) is 14.0. The standard InChI is InChI=1S/C14H10F3NO/c1-9-8-18-6-5-12(9)13(19)10-3-2-4-11(7-10)14(15,16)17/h2-8H,1H3. The van der Waals surface area contributed by atoms with E-state index in [9.17, 15) is 18.0 Å². The van der Waals surface area contributed by atoms with Gasteiger partial charge in [0.05, 0.1) is 5.56 Å². The molecule has 0 atom stereocenters. The molecule has 0 aliphatic rings. The minimum Gasteiger partial charge on any atom is -0.289 e. The number of halogens is 3. The Morgan fingerprint density at radius 2 is 1.95 bits per heavy atom. The van der Waals surface area contributed by atoms with Crippen LogP contribution in [-0.2, 0) is 6.18 Å². The number of hydrogen-bond donors (Lipinski definition) is 0. The first-order valence-corrected chi connectivity index (χ1v) is 5.52. The number of pyridine rings is 1. The van der Waals surface area contributed by atoms with Gasteiger partial charge in [-0.2, -0.15) is 13.2 Å². The zero-order valence-corrected chi connectivity index (χ0v) is 10.0. The average Bonchev–Trinajstić information content (AvgIpc) is 2.38. The van der Waals surface area contributed by atoms with E-state index in [0.29, 0.717) is 11.1 Å². The molecule has 0 aliphatic heterocycles. The van der Waals surface area contributed by atoms with Crippen LogP contribution in [0.1, 0.15) is 27.0 Å². The van der Waals surface area contributed by atoms with E-state index < -0.39 is 17.5 Å². The van der Waals surface area contributed by atoms with Crippen molar-refractivity contribution in [2.24, 2.45) is 0 Å². The number of ketones is 1. The van der Waals surface area contributed by atoms with Crippen LogP contribution >= 0.6 is 0 Å². The number of hydrogen-bond acceptors (Lipinski definition) is 2. The molecule has 5 heteroatoms. The van der Waals surface area contributed by atoms with Crippen molar-refractivity contribution in [3.8, 4) is 0 Å². The van der Waals surface area contributed by atoms with Gasteiger partial charge in [0.2, 0.25) is 0 Å². The van der Waals surface area contributed by atoms with Gasteiger partial charge in [-0.1, -0.05) is 12.1 Å². The number of carbonyl (C=O) groups excluding carboxylic acids is 1. The minimum absolute atomic E-state index is 0.0177. The lowest BCUT2D eigenvalue weighted by atomic mass is 9.99. The van der Waals surface area contributed by atoms with E-state index in [2.05, 4.69) is 4.98 Å². The van der Waals surface area contributed by atoms with Gasteiger partial charge in [-0.3, -0.25) is 9.78 Å². The second-order valence-corrected chi connectivity index (χ2v) is 4.10. The molecular formula is C14H10F3NO. The summed E-state index contributed by atoms with van der Waals surface area (Å²) in [6, 6.07) is 5.90. The van der Waals surface area contributed by atoms with E-state index in [4.69, 9.17) is 0 Å². The van der Waals surface area contributed by atoms with E-state index in [1.54, 1.807) is 6.92 Å². The number of aryl methyl sites for hydroxylation is 1. The SMILES string of the molecule is Cc1cnccc1C(=O)c1cccc(C(F)(F)F)c1. The lowest BCUT2D eigenvalue weighted by molar-refractivity contribution is -0.137. The number of nitrogens with zero attached hydrogens (tertiary/aromatic N) is 1. The molecular weight excluding hydrogens is 255 g/mol. The van der Waals surface area contributed by atoms with Crippen LogP contribution in [0, 0.1) is 6.92 Å². The van der Waals surface area contributed by atoms with E-state index in [0.717, 1.165) is 12.1 Å². The number of alkyl halides is 3. The van der Waals surface area contributed by atoms with Crippen LogP contribution in [0.2, 0.25) is 0 Å². The molecule has 98 valence electrons. The van der Waals surface area contributed by atoms with Crippen LogP contribution < -0.4 is 0 Å². The van der Waals surface area contributed by atoms with Crippen molar-refractivity contribution >= 4 is 5.78 Å². The highest BCUT2D eigenvalue weighted by Gasteiger charge is 2.31. The molecule has 1 aromatic heterocycles. The Bertz CT molecular complexity index is 620. The van der Waals surface area contributed by atoms with E-state index in [1.165, 1.54) is 30.6 Å². The van der Waals surface area contributed by atoms with Crippen molar-refractivity contribution in [3.05, 3.63) is 65.0 Å². The summed E-state index contributed by atoms with van der Waals surface area (Å²) < 4.78 is 37.8. The fourth-order valence-corrected chi connectivity index (χ4v) is 1.72. The molecule has 0 saturated heterocycles. The lowest BCUT2D eigenvalue weighted by Crippen LogP contribution is -2.09. The Hall–Kier alpha value is -2.17. The Balaban J connectivity index is 2.43. The molecule has 0 aliphatic carbocycles. The molecule has 0 N–H and O–H groups in total. The monoisotopic (exact) mass is 265 g/mol. The fraction of sp³-hybridized carbons (Fsp3) is 0.143. The van der Waals surface area contributed by atoms with E-state index in [1.807, 2.05) is 0 Å². The Kier molecular flexibility index (Phi) is 3.38. The highest BCUT2D eigenvalue weighted by Crippen LogP contribution is 2.30. The summed E-state index contributed by atoms with van der Waals surface area (Å²) in [4.78, 5) is 16.0. The molecule has 2 aromatic rings. The van der Waals surface area contributed by atoms with Crippen LogP contribution in [0.25, 0.3) is 0 Å². The maximum Gasteiger partial charge on any atom is 0.416 e. The summed E-state index contributed by atoms with van der Waals surface area (Å²) in [5.74, 6) is -0.439. The topological polar surface area (TPSA) is 30.0 Å². The Morgan fingerprint density at radius 3 is 2.58 bits per heavy atom. The van der Waals surface area contributed by atoms with Crippen molar-refractivity contribution in [1.82, 2.24) is 4.98 Å². The molecule has 1 heterocycles. The minimum atomic E-state index is -4.45. The summed E-state index contributed by atoms with van der Waals surface area (Å²) in [6.45, 7) is 1.69. The molecule has 1 aromatic carbocycles. The third kappa shape index (κ3) is 2.81. The van der Waals surface area contributed by atoms with Crippen molar-refractivity contribution in [1.29, 1.82) is 0 Å². The molecule has 19 heavy (non-hydrogen) atoms. The predicted octanol–water partition coefficient (Wildman–Crippen LogP) is 3.64. The van der Waals surface area contributed by atoms with Gasteiger partial charge in [0, 0.05) is 23.5 Å². The molecule has 0 spiro atoms. The molecule has 0 amide bonds. The van der Waals surface area contributed by atoms with Gasteiger partial charge in [-0.05, 0) is 30.7 Å². The zero-order valence-electron chi connectivity index (χ0n) is 10.0. The van der Waals surface area contributed by atoms with Crippen LogP contribution in [0.5, 0.6) is 0 Å². The molecule has 0 fully saturated rings. The molecule has 2 nitrogen and oxygen atoms in total. The number of aromatic nitrogens is 1. The Labute approximate surface area is 107 Å². The first kappa shape index (κ1) is 13.3. The third-order valence-corrected chi connectivity index (χ3v) is 2.72. The van der Waals surface area contributed by atoms with Gasteiger partial charge in [0.15, 0.2) is 5.78 Å². The second kappa shape index (κ2) is 4.84. The van der Waals surface area contributed by atoms with Crippen molar-refractivity contribution < 1.29 is 18.0 Å². The third-order valence-electron chi connectivity index (χ3n) is 2.72. The maximum absolute atomic E-state index is 12.6. The second-order valence-electron chi connectivity index (χ2n) is 4.10. The summed E-state index contributed by atoms with van der Waals surface area (Å²) in [7, 11) is 0. The predicted molar refractivity (Wildman–Crippen MR) is 63.9 cm³/mol. The van der Waals surface area contributed by atoms with Gasteiger partial charge in [-0.15, -0.1) is 0 Å². The lowest BCUT2D eigenvalue weighted by Gasteiger charge is -2.09. The highest BCUT2D eigenvalue weighted by molar-refractivity contribution is 6.09. The van der Waals surface area contributed by atoms with Crippen LogP contribution in [0.4, 0.5) is 13.2 Å². The van der Waals surface area contributed by atoms with Gasteiger partial charge in [0.25, 0.3) is 0 Å². The molecule has 0 bridgehead atoms. The quantitative estimate of drug-likeness (QED) is 0.776. The van der Waals surface area contributed by atoms with Crippen LogP contribution in [0.3, 0.4) is 0 Å². The molecule has 0 unspecified atom stereocenters. The van der Waals surface area contributed by atoms with Crippen LogP contribution in [0.15, 0.2) is 42.7 Å².